The largest absolute Gasteiger partial charge is 0.495 e. The molecule has 3 rings (SSSR count). The summed E-state index contributed by atoms with van der Waals surface area (Å²) >= 11 is 6.02. The minimum atomic E-state index is -3.54. The van der Waals surface area contributed by atoms with Crippen LogP contribution < -0.4 is 14.8 Å². The second-order valence-electron chi connectivity index (χ2n) is 7.11. The molecule has 1 fully saturated rings. The average molecular weight is 452 g/mol. The molecule has 1 heterocycles. The van der Waals surface area contributed by atoms with Crippen molar-refractivity contribution in [3.05, 3.63) is 53.6 Å². The maximum absolute atomic E-state index is 12.5. The van der Waals surface area contributed by atoms with Crippen molar-refractivity contribution in [2.24, 2.45) is 0 Å². The van der Waals surface area contributed by atoms with E-state index in [9.17, 15) is 13.2 Å². The molecule has 0 saturated carbocycles. The van der Waals surface area contributed by atoms with E-state index in [1.165, 1.54) is 0 Å². The first-order chi connectivity index (χ1) is 14.4. The molecule has 0 bridgehead atoms. The van der Waals surface area contributed by atoms with Gasteiger partial charge in [0.25, 0.3) is 0 Å². The van der Waals surface area contributed by atoms with Gasteiger partial charge in [-0.2, -0.15) is 0 Å². The Labute approximate surface area is 182 Å². The van der Waals surface area contributed by atoms with Gasteiger partial charge in [0.1, 0.15) is 5.75 Å². The summed E-state index contributed by atoms with van der Waals surface area (Å²) in [4.78, 5) is 14.6. The van der Waals surface area contributed by atoms with Crippen LogP contribution in [0.4, 0.5) is 5.69 Å². The number of nitrogens with one attached hydrogen (secondary N) is 2. The number of nitrogens with zero attached hydrogens (tertiary/aromatic N) is 1. The quantitative estimate of drug-likeness (QED) is 0.643. The number of ether oxygens (including phenoxy) is 1. The molecule has 1 aliphatic rings. The molecule has 0 unspecified atom stereocenters. The van der Waals surface area contributed by atoms with Crippen LogP contribution in [-0.2, 0) is 14.8 Å². The Kier molecular flexibility index (Phi) is 7.58. The molecule has 1 saturated heterocycles. The van der Waals surface area contributed by atoms with Crippen molar-refractivity contribution >= 4 is 33.2 Å². The minimum Gasteiger partial charge on any atom is -0.495 e. The van der Waals surface area contributed by atoms with Crippen molar-refractivity contribution < 1.29 is 17.9 Å². The third-order valence-corrected chi connectivity index (χ3v) is 6.81. The number of hydrogen-bond acceptors (Lipinski definition) is 5. The summed E-state index contributed by atoms with van der Waals surface area (Å²) < 4.78 is 32.9. The molecule has 0 radical (unpaired) electrons. The Morgan fingerprint density at radius 1 is 1.17 bits per heavy atom. The lowest BCUT2D eigenvalue weighted by atomic mass is 10.1. The molecule has 9 heteroatoms. The average Bonchev–Trinajstić information content (AvgIpc) is 2.75. The Balaban J connectivity index is 1.45. The van der Waals surface area contributed by atoms with Gasteiger partial charge in [-0.1, -0.05) is 29.8 Å². The summed E-state index contributed by atoms with van der Waals surface area (Å²) in [5.74, 6) is 0.700. The van der Waals surface area contributed by atoms with Crippen LogP contribution in [0, 0.1) is 0 Å². The number of benzene rings is 2. The Bertz CT molecular complexity index is 961. The van der Waals surface area contributed by atoms with Crippen molar-refractivity contribution in [3.8, 4) is 5.75 Å². The first kappa shape index (κ1) is 22.4. The van der Waals surface area contributed by atoms with Crippen LogP contribution in [-0.4, -0.2) is 52.0 Å². The number of likely N-dealkylation sites (tertiary alicyclic amines) is 1. The van der Waals surface area contributed by atoms with Gasteiger partial charge in [0, 0.05) is 37.1 Å². The topological polar surface area (TPSA) is 87.7 Å². The van der Waals surface area contributed by atoms with E-state index in [2.05, 4.69) is 10.0 Å². The van der Waals surface area contributed by atoms with E-state index in [4.69, 9.17) is 16.3 Å². The van der Waals surface area contributed by atoms with E-state index in [0.717, 1.165) is 5.69 Å². The molecule has 0 aliphatic carbocycles. The van der Waals surface area contributed by atoms with Crippen molar-refractivity contribution in [2.75, 3.05) is 32.1 Å². The zero-order chi connectivity index (χ0) is 21.6. The number of piperidine rings is 1. The molecule has 2 aromatic carbocycles. The molecular weight excluding hydrogens is 426 g/mol. The highest BCUT2D eigenvalue weighted by molar-refractivity contribution is 7.89. The maximum atomic E-state index is 12.5. The maximum Gasteiger partial charge on any atom is 0.240 e. The van der Waals surface area contributed by atoms with Crippen molar-refractivity contribution in [1.29, 1.82) is 0 Å². The molecule has 0 spiro atoms. The number of rotatable bonds is 8. The molecule has 1 aliphatic heterocycles. The van der Waals surface area contributed by atoms with E-state index in [1.807, 2.05) is 0 Å². The number of amides is 1. The van der Waals surface area contributed by atoms with Gasteiger partial charge >= 0.3 is 0 Å². The number of hydrogen-bond donors (Lipinski definition) is 2. The first-order valence-electron chi connectivity index (χ1n) is 9.81. The molecule has 162 valence electrons. The van der Waals surface area contributed by atoms with Crippen LogP contribution in [0.3, 0.4) is 0 Å². The van der Waals surface area contributed by atoms with Crippen LogP contribution in [0.5, 0.6) is 5.75 Å². The van der Waals surface area contributed by atoms with Crippen molar-refractivity contribution in [2.45, 2.75) is 30.2 Å². The summed E-state index contributed by atoms with van der Waals surface area (Å²) in [6.07, 6.45) is 1.51. The van der Waals surface area contributed by atoms with Gasteiger partial charge in [-0.25, -0.2) is 13.1 Å². The van der Waals surface area contributed by atoms with Gasteiger partial charge in [0.2, 0.25) is 15.9 Å². The normalized spacial score (nSPS) is 15.1. The molecule has 1 amide bonds. The first-order valence-corrected chi connectivity index (χ1v) is 11.7. The third-order valence-electron chi connectivity index (χ3n) is 5.04. The van der Waals surface area contributed by atoms with E-state index in [0.29, 0.717) is 49.7 Å². The smallest absolute Gasteiger partial charge is 0.240 e. The van der Waals surface area contributed by atoms with Crippen LogP contribution in [0.1, 0.15) is 19.3 Å². The summed E-state index contributed by atoms with van der Waals surface area (Å²) in [5.41, 5.74) is 0.742. The second kappa shape index (κ2) is 10.1. The lowest BCUT2D eigenvalue weighted by molar-refractivity contribution is -0.131. The van der Waals surface area contributed by atoms with E-state index < -0.39 is 10.0 Å². The summed E-state index contributed by atoms with van der Waals surface area (Å²) in [6.45, 7) is 1.51. The molecule has 30 heavy (non-hydrogen) atoms. The fourth-order valence-electron chi connectivity index (χ4n) is 3.41. The van der Waals surface area contributed by atoms with E-state index in [1.54, 1.807) is 60.5 Å². The minimum absolute atomic E-state index is 0.0351. The molecule has 7 nitrogen and oxygen atoms in total. The van der Waals surface area contributed by atoms with Gasteiger partial charge in [0.05, 0.1) is 17.7 Å². The predicted molar refractivity (Wildman–Crippen MR) is 117 cm³/mol. The van der Waals surface area contributed by atoms with Gasteiger partial charge in [-0.3, -0.25) is 4.79 Å². The number of methoxy groups -OCH3 is 1. The van der Waals surface area contributed by atoms with Crippen LogP contribution >= 0.6 is 11.6 Å². The highest BCUT2D eigenvalue weighted by Crippen LogP contribution is 2.27. The highest BCUT2D eigenvalue weighted by atomic mass is 35.5. The number of sulfonamides is 1. The predicted octanol–water partition coefficient (Wildman–Crippen LogP) is 3.12. The third kappa shape index (κ3) is 5.87. The van der Waals surface area contributed by atoms with Crippen molar-refractivity contribution in [1.82, 2.24) is 9.62 Å². The number of anilines is 1. The standard InChI is InChI=1S/C21H26ClN3O4S/c1-29-20-8-7-16(22)15-19(20)23-12-9-21(26)25-13-10-17(11-14-25)24-30(27,28)18-5-3-2-4-6-18/h2-8,15,17,23-24H,9-14H2,1H3. The Hall–Kier alpha value is -2.29. The summed E-state index contributed by atoms with van der Waals surface area (Å²) in [5, 5.41) is 3.77. The molecule has 0 atom stereocenters. The van der Waals surface area contributed by atoms with Gasteiger partial charge in [-0.05, 0) is 43.2 Å². The van der Waals surface area contributed by atoms with Gasteiger partial charge < -0.3 is 15.0 Å². The summed E-state index contributed by atoms with van der Waals surface area (Å²) in [7, 11) is -1.96. The van der Waals surface area contributed by atoms with E-state index in [-0.39, 0.29) is 16.8 Å². The van der Waals surface area contributed by atoms with Gasteiger partial charge in [0.15, 0.2) is 0 Å². The van der Waals surface area contributed by atoms with Crippen LogP contribution in [0.15, 0.2) is 53.4 Å². The zero-order valence-corrected chi connectivity index (χ0v) is 18.4. The molecule has 2 N–H and O–H groups in total. The Morgan fingerprint density at radius 3 is 2.53 bits per heavy atom. The second-order valence-corrected chi connectivity index (χ2v) is 9.26. The lowest BCUT2D eigenvalue weighted by Gasteiger charge is -2.32. The van der Waals surface area contributed by atoms with Crippen molar-refractivity contribution in [3.63, 3.8) is 0 Å². The lowest BCUT2D eigenvalue weighted by Crippen LogP contribution is -2.46. The SMILES string of the molecule is COc1ccc(Cl)cc1NCCC(=O)N1CCC(NS(=O)(=O)c2ccccc2)CC1. The zero-order valence-electron chi connectivity index (χ0n) is 16.8. The molecular formula is C21H26ClN3O4S. The number of halogens is 1. The molecule has 2 aromatic rings. The van der Waals surface area contributed by atoms with Gasteiger partial charge in [-0.15, -0.1) is 0 Å². The number of carbonyl (C=O) groups excluding carboxylic acids is 1. The highest BCUT2D eigenvalue weighted by Gasteiger charge is 2.26. The monoisotopic (exact) mass is 451 g/mol. The fraction of sp³-hybridized carbons (Fsp3) is 0.381. The van der Waals surface area contributed by atoms with Crippen LogP contribution in [0.25, 0.3) is 0 Å². The molecule has 0 aromatic heterocycles. The van der Waals surface area contributed by atoms with Crippen LogP contribution in [0.2, 0.25) is 5.02 Å². The van der Waals surface area contributed by atoms with E-state index >= 15 is 0 Å². The number of carbonyl (C=O) groups is 1. The fourth-order valence-corrected chi connectivity index (χ4v) is 4.91. The summed E-state index contributed by atoms with van der Waals surface area (Å²) in [6, 6.07) is 13.4. The Morgan fingerprint density at radius 2 is 1.87 bits per heavy atom.